The van der Waals surface area contributed by atoms with Crippen LogP contribution in [-0.2, 0) is 4.79 Å². The maximum absolute atomic E-state index is 12.8. The third-order valence-electron chi connectivity index (χ3n) is 4.98. The van der Waals surface area contributed by atoms with Crippen molar-refractivity contribution >= 4 is 17.3 Å². The molecule has 0 spiro atoms. The van der Waals surface area contributed by atoms with Crippen molar-refractivity contribution in [3.8, 4) is 22.6 Å². The van der Waals surface area contributed by atoms with Crippen molar-refractivity contribution in [3.63, 3.8) is 0 Å². The summed E-state index contributed by atoms with van der Waals surface area (Å²) in [6, 6.07) is 17.2. The molecule has 7 heteroatoms. The smallest absolute Gasteiger partial charge is 0.270 e. The average molecular weight is 420 g/mol. The Kier molecular flexibility index (Phi) is 6.55. The van der Waals surface area contributed by atoms with Crippen molar-refractivity contribution in [2.45, 2.75) is 26.9 Å². The Morgan fingerprint density at radius 3 is 2.26 bits per heavy atom. The van der Waals surface area contributed by atoms with Gasteiger partial charge in [0.2, 0.25) is 0 Å². The van der Waals surface area contributed by atoms with Crippen LogP contribution in [0.3, 0.4) is 0 Å². The summed E-state index contributed by atoms with van der Waals surface area (Å²) in [6.07, 6.45) is -0.822. The van der Waals surface area contributed by atoms with Crippen molar-refractivity contribution in [2.75, 3.05) is 12.4 Å². The number of nitrogens with zero attached hydrogens (tertiary/aromatic N) is 1. The van der Waals surface area contributed by atoms with Crippen molar-refractivity contribution in [1.29, 1.82) is 0 Å². The molecule has 7 nitrogen and oxygen atoms in total. The van der Waals surface area contributed by atoms with Gasteiger partial charge in [0.15, 0.2) is 6.10 Å². The molecule has 0 unspecified atom stereocenters. The van der Waals surface area contributed by atoms with Crippen LogP contribution < -0.4 is 14.8 Å². The maximum Gasteiger partial charge on any atom is 0.270 e. The Hall–Kier alpha value is -3.87. The zero-order valence-electron chi connectivity index (χ0n) is 17.8. The number of hydrogen-bond donors (Lipinski definition) is 1. The first-order valence-corrected chi connectivity index (χ1v) is 9.76. The monoisotopic (exact) mass is 420 g/mol. The molecular formula is C24H24N2O5. The van der Waals surface area contributed by atoms with Gasteiger partial charge in [0.05, 0.1) is 12.0 Å². The lowest BCUT2D eigenvalue weighted by Crippen LogP contribution is -2.30. The van der Waals surface area contributed by atoms with Crippen LogP contribution in [0.15, 0.2) is 60.7 Å². The standard InChI is InChI=1S/C24H24N2O5/c1-15-6-5-7-16(2)23(15)25-24(27)17(3)31-22-13-10-19(26(28)29)14-21(22)18-8-11-20(30-4)12-9-18/h5-14,17H,1-4H3,(H,25,27)/t17-/m1/s1. The van der Waals surface area contributed by atoms with Crippen molar-refractivity contribution in [1.82, 2.24) is 0 Å². The van der Waals surface area contributed by atoms with E-state index in [1.54, 1.807) is 38.3 Å². The molecule has 0 bridgehead atoms. The molecule has 3 aromatic carbocycles. The number of amides is 1. The first-order chi connectivity index (χ1) is 14.8. The highest BCUT2D eigenvalue weighted by atomic mass is 16.6. The van der Waals surface area contributed by atoms with Gasteiger partial charge in [0.1, 0.15) is 11.5 Å². The van der Waals surface area contributed by atoms with Crippen LogP contribution >= 0.6 is 0 Å². The van der Waals surface area contributed by atoms with Crippen molar-refractivity contribution in [3.05, 3.63) is 81.9 Å². The number of ether oxygens (including phenoxy) is 2. The SMILES string of the molecule is COc1ccc(-c2cc([N+](=O)[O-])ccc2O[C@H](C)C(=O)Nc2c(C)cccc2C)cc1. The lowest BCUT2D eigenvalue weighted by Gasteiger charge is -2.19. The van der Waals surface area contributed by atoms with Gasteiger partial charge in [-0.3, -0.25) is 14.9 Å². The number of nitro benzene ring substituents is 1. The van der Waals surface area contributed by atoms with E-state index in [0.717, 1.165) is 16.8 Å². The number of carbonyl (C=O) groups excluding carboxylic acids is 1. The fourth-order valence-corrected chi connectivity index (χ4v) is 3.21. The second-order valence-corrected chi connectivity index (χ2v) is 7.18. The fourth-order valence-electron chi connectivity index (χ4n) is 3.21. The minimum Gasteiger partial charge on any atom is -0.497 e. The molecule has 160 valence electrons. The number of para-hydroxylation sites is 1. The molecule has 0 fully saturated rings. The first kappa shape index (κ1) is 21.8. The molecule has 31 heavy (non-hydrogen) atoms. The molecule has 0 aliphatic heterocycles. The van der Waals surface area contributed by atoms with E-state index < -0.39 is 11.0 Å². The predicted octanol–water partition coefficient (Wildman–Crippen LogP) is 5.29. The molecule has 1 N–H and O–H groups in total. The summed E-state index contributed by atoms with van der Waals surface area (Å²) in [5, 5.41) is 14.2. The highest BCUT2D eigenvalue weighted by Crippen LogP contribution is 2.35. The van der Waals surface area contributed by atoms with Crippen LogP contribution in [0, 0.1) is 24.0 Å². The number of rotatable bonds is 7. The van der Waals surface area contributed by atoms with Crippen LogP contribution in [0.2, 0.25) is 0 Å². The van der Waals surface area contributed by atoms with Gasteiger partial charge < -0.3 is 14.8 Å². The van der Waals surface area contributed by atoms with Crippen molar-refractivity contribution in [2.24, 2.45) is 0 Å². The molecule has 0 aliphatic carbocycles. The number of methoxy groups -OCH3 is 1. The Bertz CT molecular complexity index is 1090. The summed E-state index contributed by atoms with van der Waals surface area (Å²) in [4.78, 5) is 23.6. The minimum atomic E-state index is -0.822. The van der Waals surface area contributed by atoms with Crippen LogP contribution in [0.1, 0.15) is 18.1 Å². The Morgan fingerprint density at radius 1 is 1.03 bits per heavy atom. The number of anilines is 1. The summed E-state index contributed by atoms with van der Waals surface area (Å²) in [7, 11) is 1.56. The Balaban J connectivity index is 1.89. The van der Waals surface area contributed by atoms with Gasteiger partial charge in [0.25, 0.3) is 11.6 Å². The zero-order chi connectivity index (χ0) is 22.5. The third-order valence-corrected chi connectivity index (χ3v) is 4.98. The Morgan fingerprint density at radius 2 is 1.68 bits per heavy atom. The van der Waals surface area contributed by atoms with Gasteiger partial charge in [-0.25, -0.2) is 0 Å². The van der Waals surface area contributed by atoms with Crippen LogP contribution in [-0.4, -0.2) is 24.0 Å². The normalized spacial score (nSPS) is 11.5. The summed E-state index contributed by atoms with van der Waals surface area (Å²) in [5.74, 6) is 0.731. The second-order valence-electron chi connectivity index (χ2n) is 7.18. The van der Waals surface area contributed by atoms with Gasteiger partial charge >= 0.3 is 0 Å². The van der Waals surface area contributed by atoms with E-state index in [0.29, 0.717) is 22.6 Å². The minimum absolute atomic E-state index is 0.0641. The molecule has 1 amide bonds. The third kappa shape index (κ3) is 5.01. The highest BCUT2D eigenvalue weighted by Gasteiger charge is 2.20. The van der Waals surface area contributed by atoms with Gasteiger partial charge in [-0.15, -0.1) is 0 Å². The maximum atomic E-state index is 12.8. The lowest BCUT2D eigenvalue weighted by atomic mass is 10.0. The van der Waals surface area contributed by atoms with E-state index in [-0.39, 0.29) is 11.6 Å². The van der Waals surface area contributed by atoms with Crippen LogP contribution in [0.4, 0.5) is 11.4 Å². The van der Waals surface area contributed by atoms with E-state index >= 15 is 0 Å². The summed E-state index contributed by atoms with van der Waals surface area (Å²) >= 11 is 0. The largest absolute Gasteiger partial charge is 0.497 e. The Labute approximate surface area is 180 Å². The molecule has 0 heterocycles. The molecule has 0 saturated carbocycles. The molecular weight excluding hydrogens is 396 g/mol. The summed E-state index contributed by atoms with van der Waals surface area (Å²) in [5.41, 5.74) is 3.82. The number of nitrogens with one attached hydrogen (secondary N) is 1. The quantitative estimate of drug-likeness (QED) is 0.414. The van der Waals surface area contributed by atoms with E-state index in [4.69, 9.17) is 9.47 Å². The van der Waals surface area contributed by atoms with Gasteiger partial charge in [0, 0.05) is 23.4 Å². The van der Waals surface area contributed by atoms with Gasteiger partial charge in [-0.1, -0.05) is 30.3 Å². The van der Waals surface area contributed by atoms with E-state index in [9.17, 15) is 14.9 Å². The first-order valence-electron chi connectivity index (χ1n) is 9.76. The lowest BCUT2D eigenvalue weighted by molar-refractivity contribution is -0.384. The predicted molar refractivity (Wildman–Crippen MR) is 120 cm³/mol. The molecule has 0 radical (unpaired) electrons. The van der Waals surface area contributed by atoms with E-state index in [2.05, 4.69) is 5.32 Å². The van der Waals surface area contributed by atoms with Gasteiger partial charge in [-0.2, -0.15) is 0 Å². The molecule has 0 aromatic heterocycles. The number of carbonyl (C=O) groups is 1. The van der Waals surface area contributed by atoms with Crippen LogP contribution in [0.5, 0.6) is 11.5 Å². The van der Waals surface area contributed by atoms with E-state index in [1.807, 2.05) is 32.0 Å². The topological polar surface area (TPSA) is 90.7 Å². The highest BCUT2D eigenvalue weighted by molar-refractivity contribution is 5.95. The number of hydrogen-bond acceptors (Lipinski definition) is 5. The number of non-ortho nitro benzene ring substituents is 1. The van der Waals surface area contributed by atoms with Crippen molar-refractivity contribution < 1.29 is 19.2 Å². The zero-order valence-corrected chi connectivity index (χ0v) is 17.8. The number of aryl methyl sites for hydroxylation is 2. The molecule has 0 saturated heterocycles. The summed E-state index contributed by atoms with van der Waals surface area (Å²) in [6.45, 7) is 5.49. The average Bonchev–Trinajstić information content (AvgIpc) is 2.76. The fraction of sp³-hybridized carbons (Fsp3) is 0.208. The number of nitro groups is 1. The molecule has 1 atom stereocenters. The number of benzene rings is 3. The molecule has 3 aromatic rings. The molecule has 0 aliphatic rings. The second kappa shape index (κ2) is 9.30. The van der Waals surface area contributed by atoms with E-state index in [1.165, 1.54) is 18.2 Å². The van der Waals surface area contributed by atoms with Crippen LogP contribution in [0.25, 0.3) is 11.1 Å². The van der Waals surface area contributed by atoms with Gasteiger partial charge in [-0.05, 0) is 55.7 Å². The summed E-state index contributed by atoms with van der Waals surface area (Å²) < 4.78 is 11.1. The molecule has 3 rings (SSSR count).